The van der Waals surface area contributed by atoms with Gasteiger partial charge in [0.15, 0.2) is 0 Å². The summed E-state index contributed by atoms with van der Waals surface area (Å²) in [6.07, 6.45) is 1.46. The van der Waals surface area contributed by atoms with Crippen LogP contribution in [0.2, 0.25) is 0 Å². The number of carbonyl (C=O) groups is 1. The van der Waals surface area contributed by atoms with E-state index in [9.17, 15) is 9.90 Å². The predicted molar refractivity (Wildman–Crippen MR) is 93.6 cm³/mol. The van der Waals surface area contributed by atoms with Gasteiger partial charge in [-0.15, -0.1) is 0 Å². The number of hydrogen-bond acceptors (Lipinski definition) is 5. The zero-order valence-electron chi connectivity index (χ0n) is 14.9. The molecule has 0 bridgehead atoms. The second-order valence-electron chi connectivity index (χ2n) is 7.30. The van der Waals surface area contributed by atoms with E-state index in [0.29, 0.717) is 30.7 Å². The molecular weight excluding hydrogens is 308 g/mol. The third-order valence-corrected chi connectivity index (χ3v) is 3.99. The molecule has 0 atom stereocenters. The van der Waals surface area contributed by atoms with Crippen LogP contribution in [0.25, 0.3) is 0 Å². The van der Waals surface area contributed by atoms with Crippen LogP contribution < -0.4 is 15.4 Å². The van der Waals surface area contributed by atoms with Gasteiger partial charge in [-0.1, -0.05) is 6.07 Å². The van der Waals surface area contributed by atoms with Gasteiger partial charge in [-0.3, -0.25) is 5.32 Å². The standard InChI is InChI=1S/C18H28N2O4/c1-17(2,3)24-16(21)20-14-6-5-13(15(11-14)23-4)12-18(22)7-9-19-10-8-18/h5-6,11,19,22H,7-10,12H2,1-4H3,(H,20,21). The first kappa shape index (κ1) is 18.5. The Morgan fingerprint density at radius 2 is 2.00 bits per heavy atom. The Morgan fingerprint density at radius 1 is 1.33 bits per heavy atom. The SMILES string of the molecule is COc1cc(NC(=O)OC(C)(C)C)ccc1CC1(O)CCNCC1. The quantitative estimate of drug-likeness (QED) is 0.788. The molecule has 1 aliphatic rings. The van der Waals surface area contributed by atoms with Crippen LogP contribution in [0.1, 0.15) is 39.2 Å². The summed E-state index contributed by atoms with van der Waals surface area (Å²) in [5, 5.41) is 16.7. The van der Waals surface area contributed by atoms with Crippen molar-refractivity contribution in [1.82, 2.24) is 5.32 Å². The van der Waals surface area contributed by atoms with Crippen molar-refractivity contribution in [3.05, 3.63) is 23.8 Å². The lowest BCUT2D eigenvalue weighted by atomic mass is 9.86. The lowest BCUT2D eigenvalue weighted by Crippen LogP contribution is -2.43. The summed E-state index contributed by atoms with van der Waals surface area (Å²) in [5.74, 6) is 0.649. The average Bonchev–Trinajstić information content (AvgIpc) is 2.47. The van der Waals surface area contributed by atoms with Gasteiger partial charge in [-0.25, -0.2) is 4.79 Å². The molecule has 0 aromatic heterocycles. The lowest BCUT2D eigenvalue weighted by Gasteiger charge is -2.33. The first-order chi connectivity index (χ1) is 11.2. The predicted octanol–water partition coefficient (Wildman–Crippen LogP) is 2.70. The zero-order valence-corrected chi connectivity index (χ0v) is 14.9. The summed E-state index contributed by atoms with van der Waals surface area (Å²) in [6, 6.07) is 5.43. The lowest BCUT2D eigenvalue weighted by molar-refractivity contribution is 0.0104. The third kappa shape index (κ3) is 5.39. The number of hydrogen-bond donors (Lipinski definition) is 3. The van der Waals surface area contributed by atoms with Crippen molar-refractivity contribution < 1.29 is 19.4 Å². The van der Waals surface area contributed by atoms with Crippen LogP contribution >= 0.6 is 0 Å². The number of aliphatic hydroxyl groups is 1. The molecule has 2 rings (SSSR count). The minimum Gasteiger partial charge on any atom is -0.496 e. The van der Waals surface area contributed by atoms with Crippen molar-refractivity contribution in [2.45, 2.75) is 51.2 Å². The number of methoxy groups -OCH3 is 1. The number of rotatable bonds is 4. The van der Waals surface area contributed by atoms with Crippen molar-refractivity contribution >= 4 is 11.8 Å². The maximum absolute atomic E-state index is 11.9. The summed E-state index contributed by atoms with van der Waals surface area (Å²) in [7, 11) is 1.59. The minimum absolute atomic E-state index is 0.505. The van der Waals surface area contributed by atoms with E-state index in [2.05, 4.69) is 10.6 Å². The topological polar surface area (TPSA) is 79.8 Å². The van der Waals surface area contributed by atoms with Crippen LogP contribution in [-0.4, -0.2) is 42.6 Å². The van der Waals surface area contributed by atoms with Crippen LogP contribution in [0, 0.1) is 0 Å². The molecule has 3 N–H and O–H groups in total. The fourth-order valence-corrected chi connectivity index (χ4v) is 2.81. The van der Waals surface area contributed by atoms with Gasteiger partial charge >= 0.3 is 6.09 Å². The van der Waals surface area contributed by atoms with Gasteiger partial charge in [-0.05, 0) is 58.3 Å². The molecule has 0 spiro atoms. The number of ether oxygens (including phenoxy) is 2. The summed E-state index contributed by atoms with van der Waals surface area (Å²) < 4.78 is 10.7. The molecular formula is C18H28N2O4. The van der Waals surface area contributed by atoms with Crippen molar-refractivity contribution in [2.24, 2.45) is 0 Å². The monoisotopic (exact) mass is 336 g/mol. The maximum Gasteiger partial charge on any atom is 0.412 e. The third-order valence-electron chi connectivity index (χ3n) is 3.99. The number of benzene rings is 1. The van der Waals surface area contributed by atoms with Gasteiger partial charge in [0, 0.05) is 18.2 Å². The van der Waals surface area contributed by atoms with E-state index < -0.39 is 17.3 Å². The number of nitrogens with one attached hydrogen (secondary N) is 2. The molecule has 1 aromatic rings. The van der Waals surface area contributed by atoms with Crippen molar-refractivity contribution in [3.63, 3.8) is 0 Å². The van der Waals surface area contributed by atoms with Crippen LogP contribution in [0.4, 0.5) is 10.5 Å². The summed E-state index contributed by atoms with van der Waals surface area (Å²) >= 11 is 0. The van der Waals surface area contributed by atoms with Gasteiger partial charge in [0.25, 0.3) is 0 Å². The van der Waals surface area contributed by atoms with E-state index in [-0.39, 0.29) is 0 Å². The molecule has 0 saturated carbocycles. The Bertz CT molecular complexity index is 575. The van der Waals surface area contributed by atoms with Crippen LogP contribution in [-0.2, 0) is 11.2 Å². The molecule has 1 fully saturated rings. The van der Waals surface area contributed by atoms with Gasteiger partial charge in [-0.2, -0.15) is 0 Å². The molecule has 0 radical (unpaired) electrons. The normalized spacial score (nSPS) is 17.2. The molecule has 0 aliphatic carbocycles. The molecule has 24 heavy (non-hydrogen) atoms. The molecule has 6 nitrogen and oxygen atoms in total. The molecule has 1 amide bonds. The number of anilines is 1. The molecule has 1 aliphatic heterocycles. The van der Waals surface area contributed by atoms with E-state index in [0.717, 1.165) is 18.7 Å². The highest BCUT2D eigenvalue weighted by molar-refractivity contribution is 5.85. The zero-order chi connectivity index (χ0) is 17.8. The smallest absolute Gasteiger partial charge is 0.412 e. The Balaban J connectivity index is 2.08. The van der Waals surface area contributed by atoms with Gasteiger partial charge < -0.3 is 19.9 Å². The average molecular weight is 336 g/mol. The Labute approximate surface area is 143 Å². The molecule has 1 saturated heterocycles. The minimum atomic E-state index is -0.710. The molecule has 0 unspecified atom stereocenters. The van der Waals surface area contributed by atoms with Crippen LogP contribution in [0.3, 0.4) is 0 Å². The van der Waals surface area contributed by atoms with E-state index in [4.69, 9.17) is 9.47 Å². The number of carbonyl (C=O) groups excluding carboxylic acids is 1. The second kappa shape index (κ2) is 7.40. The fraction of sp³-hybridized carbons (Fsp3) is 0.611. The highest BCUT2D eigenvalue weighted by Crippen LogP contribution is 2.30. The van der Waals surface area contributed by atoms with Crippen molar-refractivity contribution in [1.29, 1.82) is 0 Å². The highest BCUT2D eigenvalue weighted by atomic mass is 16.6. The highest BCUT2D eigenvalue weighted by Gasteiger charge is 2.30. The van der Waals surface area contributed by atoms with Crippen LogP contribution in [0.15, 0.2) is 18.2 Å². The Hall–Kier alpha value is -1.79. The largest absolute Gasteiger partial charge is 0.496 e. The number of piperidine rings is 1. The first-order valence-electron chi connectivity index (χ1n) is 8.31. The van der Waals surface area contributed by atoms with E-state index in [1.807, 2.05) is 26.8 Å². The summed E-state index contributed by atoms with van der Waals surface area (Å²) in [5.41, 5.74) is 0.268. The first-order valence-corrected chi connectivity index (χ1v) is 8.31. The van der Waals surface area contributed by atoms with Crippen LogP contribution in [0.5, 0.6) is 5.75 Å². The van der Waals surface area contributed by atoms with Gasteiger partial charge in [0.1, 0.15) is 11.4 Å². The Morgan fingerprint density at radius 3 is 2.58 bits per heavy atom. The van der Waals surface area contributed by atoms with Crippen molar-refractivity contribution in [3.8, 4) is 5.75 Å². The van der Waals surface area contributed by atoms with E-state index >= 15 is 0 Å². The molecule has 1 heterocycles. The maximum atomic E-state index is 11.9. The molecule has 6 heteroatoms. The number of amides is 1. The molecule has 1 aromatic carbocycles. The van der Waals surface area contributed by atoms with Gasteiger partial charge in [0.05, 0.1) is 12.7 Å². The summed E-state index contributed by atoms with van der Waals surface area (Å²) in [4.78, 5) is 11.9. The summed E-state index contributed by atoms with van der Waals surface area (Å²) in [6.45, 7) is 7.08. The second-order valence-corrected chi connectivity index (χ2v) is 7.30. The van der Waals surface area contributed by atoms with Crippen molar-refractivity contribution in [2.75, 3.05) is 25.5 Å². The van der Waals surface area contributed by atoms with E-state index in [1.165, 1.54) is 0 Å². The van der Waals surface area contributed by atoms with E-state index in [1.54, 1.807) is 19.2 Å². The van der Waals surface area contributed by atoms with Gasteiger partial charge in [0.2, 0.25) is 0 Å². The fourth-order valence-electron chi connectivity index (χ4n) is 2.81. The molecule has 134 valence electrons. The Kier molecular flexibility index (Phi) is 5.72.